The van der Waals surface area contributed by atoms with Gasteiger partial charge in [0.1, 0.15) is 11.5 Å². The number of carbonyl (C=O) groups is 1. The number of hydrogen-bond donors (Lipinski definition) is 0. The van der Waals surface area contributed by atoms with Crippen LogP contribution in [0.1, 0.15) is 25.0 Å². The standard InChI is InChI=1S/C20H21NO4/c1-3-23-16-9-5-14(6-10-16)13-18-20(22)25-19(21-18)15-7-11-17(12-8-15)24-4-2/h5-12,18H,3-4,13H2,1-2H3. The maximum atomic E-state index is 12.1. The molecule has 3 rings (SSSR count). The van der Waals surface area contributed by atoms with Gasteiger partial charge >= 0.3 is 5.97 Å². The first-order valence-corrected chi connectivity index (χ1v) is 8.44. The number of nitrogens with zero attached hydrogens (tertiary/aromatic N) is 1. The molecule has 1 heterocycles. The highest BCUT2D eigenvalue weighted by Gasteiger charge is 2.29. The van der Waals surface area contributed by atoms with Crippen LogP contribution in [0, 0.1) is 0 Å². The van der Waals surface area contributed by atoms with E-state index in [1.54, 1.807) is 0 Å². The molecule has 2 aromatic rings. The van der Waals surface area contributed by atoms with Gasteiger partial charge in [0.05, 0.1) is 13.2 Å². The number of aliphatic imine (C=N–C) groups is 1. The van der Waals surface area contributed by atoms with E-state index in [1.807, 2.05) is 62.4 Å². The molecule has 1 aliphatic rings. The average molecular weight is 339 g/mol. The fourth-order valence-electron chi connectivity index (χ4n) is 2.62. The lowest BCUT2D eigenvalue weighted by atomic mass is 10.1. The van der Waals surface area contributed by atoms with Gasteiger partial charge in [-0.25, -0.2) is 9.79 Å². The Morgan fingerprint density at radius 2 is 1.48 bits per heavy atom. The maximum Gasteiger partial charge on any atom is 0.338 e. The Balaban J connectivity index is 1.69. The minimum absolute atomic E-state index is 0.322. The smallest absolute Gasteiger partial charge is 0.338 e. The Kier molecular flexibility index (Phi) is 5.33. The van der Waals surface area contributed by atoms with Crippen molar-refractivity contribution in [2.45, 2.75) is 26.3 Å². The number of cyclic esters (lactones) is 1. The molecule has 0 amide bonds. The van der Waals surface area contributed by atoms with E-state index >= 15 is 0 Å². The molecular weight excluding hydrogens is 318 g/mol. The van der Waals surface area contributed by atoms with Crippen LogP contribution in [-0.2, 0) is 16.0 Å². The third kappa shape index (κ3) is 4.18. The SMILES string of the molecule is CCOc1ccc(CC2N=C(c3ccc(OCC)cc3)OC2=O)cc1. The van der Waals surface area contributed by atoms with Crippen molar-refractivity contribution in [2.75, 3.05) is 13.2 Å². The van der Waals surface area contributed by atoms with E-state index in [9.17, 15) is 4.79 Å². The fraction of sp³-hybridized carbons (Fsp3) is 0.300. The molecule has 2 aromatic carbocycles. The first-order valence-electron chi connectivity index (χ1n) is 8.44. The van der Waals surface area contributed by atoms with Crippen molar-refractivity contribution in [3.63, 3.8) is 0 Å². The summed E-state index contributed by atoms with van der Waals surface area (Å²) in [6.45, 7) is 5.12. The fourth-order valence-corrected chi connectivity index (χ4v) is 2.62. The summed E-state index contributed by atoms with van der Waals surface area (Å²) in [6, 6.07) is 14.5. The summed E-state index contributed by atoms with van der Waals surface area (Å²) in [5, 5.41) is 0. The molecule has 0 saturated carbocycles. The summed E-state index contributed by atoms with van der Waals surface area (Å²) >= 11 is 0. The zero-order valence-electron chi connectivity index (χ0n) is 14.4. The number of esters is 1. The number of ether oxygens (including phenoxy) is 3. The van der Waals surface area contributed by atoms with Crippen LogP contribution in [-0.4, -0.2) is 31.1 Å². The molecule has 25 heavy (non-hydrogen) atoms. The van der Waals surface area contributed by atoms with Crippen molar-refractivity contribution < 1.29 is 19.0 Å². The molecule has 130 valence electrons. The van der Waals surface area contributed by atoms with Gasteiger partial charge < -0.3 is 14.2 Å². The molecule has 0 aliphatic carbocycles. The second-order valence-corrected chi connectivity index (χ2v) is 5.61. The second-order valence-electron chi connectivity index (χ2n) is 5.61. The second kappa shape index (κ2) is 7.83. The first kappa shape index (κ1) is 17.0. The Hall–Kier alpha value is -2.82. The van der Waals surface area contributed by atoms with Gasteiger partial charge in [-0.1, -0.05) is 12.1 Å². The monoisotopic (exact) mass is 339 g/mol. The molecule has 0 saturated heterocycles. The molecule has 1 aliphatic heterocycles. The average Bonchev–Trinajstić information content (AvgIpc) is 2.98. The van der Waals surface area contributed by atoms with Gasteiger partial charge in [0.15, 0.2) is 6.04 Å². The van der Waals surface area contributed by atoms with Gasteiger partial charge in [0.25, 0.3) is 0 Å². The summed E-state index contributed by atoms with van der Waals surface area (Å²) in [4.78, 5) is 16.6. The van der Waals surface area contributed by atoms with Crippen LogP contribution in [0.2, 0.25) is 0 Å². The minimum atomic E-state index is -0.514. The largest absolute Gasteiger partial charge is 0.494 e. The number of hydrogen-bond acceptors (Lipinski definition) is 5. The van der Waals surface area contributed by atoms with Crippen LogP contribution < -0.4 is 9.47 Å². The summed E-state index contributed by atoms with van der Waals surface area (Å²) in [5.41, 5.74) is 1.79. The molecule has 1 unspecified atom stereocenters. The lowest BCUT2D eigenvalue weighted by Gasteiger charge is -2.06. The molecule has 5 heteroatoms. The van der Waals surface area contributed by atoms with E-state index in [2.05, 4.69) is 4.99 Å². The van der Waals surface area contributed by atoms with E-state index in [1.165, 1.54) is 0 Å². The molecule has 0 aromatic heterocycles. The van der Waals surface area contributed by atoms with Crippen molar-refractivity contribution in [1.29, 1.82) is 0 Å². The zero-order valence-corrected chi connectivity index (χ0v) is 14.4. The highest BCUT2D eigenvalue weighted by Crippen LogP contribution is 2.20. The summed E-state index contributed by atoms with van der Waals surface area (Å²) < 4.78 is 16.2. The molecule has 0 fully saturated rings. The quantitative estimate of drug-likeness (QED) is 0.726. The van der Waals surface area contributed by atoms with Crippen LogP contribution in [0.3, 0.4) is 0 Å². The van der Waals surface area contributed by atoms with Crippen molar-refractivity contribution in [2.24, 2.45) is 4.99 Å². The zero-order chi connectivity index (χ0) is 17.6. The molecule has 1 atom stereocenters. The number of carbonyl (C=O) groups excluding carboxylic acids is 1. The van der Waals surface area contributed by atoms with Crippen LogP contribution in [0.25, 0.3) is 0 Å². The predicted octanol–water partition coefficient (Wildman–Crippen LogP) is 3.40. The van der Waals surface area contributed by atoms with Gasteiger partial charge in [-0.05, 0) is 55.8 Å². The van der Waals surface area contributed by atoms with Gasteiger partial charge in [0, 0.05) is 12.0 Å². The number of rotatable bonds is 7. The summed E-state index contributed by atoms with van der Waals surface area (Å²) in [5.74, 6) is 1.64. The Morgan fingerprint density at radius 3 is 2.04 bits per heavy atom. The summed E-state index contributed by atoms with van der Waals surface area (Å²) in [6.07, 6.45) is 0.506. The summed E-state index contributed by atoms with van der Waals surface area (Å²) in [7, 11) is 0. The van der Waals surface area contributed by atoms with Crippen molar-refractivity contribution in [3.8, 4) is 11.5 Å². The van der Waals surface area contributed by atoms with Gasteiger partial charge in [-0.2, -0.15) is 0 Å². The highest BCUT2D eigenvalue weighted by molar-refractivity contribution is 6.06. The first-order chi connectivity index (χ1) is 12.2. The van der Waals surface area contributed by atoms with Crippen molar-refractivity contribution >= 4 is 11.9 Å². The molecule has 0 bridgehead atoms. The van der Waals surface area contributed by atoms with E-state index in [-0.39, 0.29) is 5.97 Å². The maximum absolute atomic E-state index is 12.1. The Labute approximate surface area is 147 Å². The lowest BCUT2D eigenvalue weighted by molar-refractivity contribution is -0.134. The topological polar surface area (TPSA) is 57.1 Å². The van der Waals surface area contributed by atoms with Crippen LogP contribution in [0.4, 0.5) is 0 Å². The van der Waals surface area contributed by atoms with Crippen LogP contribution in [0.5, 0.6) is 11.5 Å². The third-order valence-electron chi connectivity index (χ3n) is 3.82. The lowest BCUT2D eigenvalue weighted by Crippen LogP contribution is -2.17. The highest BCUT2D eigenvalue weighted by atomic mass is 16.6. The molecule has 0 radical (unpaired) electrons. The number of benzene rings is 2. The van der Waals surface area contributed by atoms with E-state index in [4.69, 9.17) is 14.2 Å². The Bertz CT molecular complexity index is 750. The van der Waals surface area contributed by atoms with Crippen molar-refractivity contribution in [3.05, 3.63) is 59.7 Å². The van der Waals surface area contributed by atoms with E-state index < -0.39 is 6.04 Å². The van der Waals surface area contributed by atoms with Gasteiger partial charge in [0.2, 0.25) is 5.90 Å². The van der Waals surface area contributed by atoms with Gasteiger partial charge in [-0.15, -0.1) is 0 Å². The normalized spacial score (nSPS) is 16.3. The molecular formula is C20H21NO4. The minimum Gasteiger partial charge on any atom is -0.494 e. The molecule has 5 nitrogen and oxygen atoms in total. The predicted molar refractivity (Wildman–Crippen MR) is 95.3 cm³/mol. The van der Waals surface area contributed by atoms with E-state index in [0.717, 1.165) is 22.6 Å². The Morgan fingerprint density at radius 1 is 0.920 bits per heavy atom. The molecule has 0 spiro atoms. The van der Waals surface area contributed by atoms with Crippen molar-refractivity contribution in [1.82, 2.24) is 0 Å². The molecule has 0 N–H and O–H groups in total. The van der Waals surface area contributed by atoms with Crippen LogP contribution >= 0.6 is 0 Å². The van der Waals surface area contributed by atoms with Gasteiger partial charge in [-0.3, -0.25) is 0 Å². The van der Waals surface area contributed by atoms with E-state index in [0.29, 0.717) is 25.5 Å². The van der Waals surface area contributed by atoms with Crippen LogP contribution in [0.15, 0.2) is 53.5 Å². The third-order valence-corrected chi connectivity index (χ3v) is 3.82.